The number of hydrogen-bond donors (Lipinski definition) is 5. The van der Waals surface area contributed by atoms with E-state index in [9.17, 15) is 34.2 Å². The molecule has 2 fully saturated rings. The highest BCUT2D eigenvalue weighted by Crippen LogP contribution is 2.34. The molecule has 5 heterocycles. The monoisotopic (exact) mass is 1040 g/mol. The summed E-state index contributed by atoms with van der Waals surface area (Å²) in [5, 5.41) is 29.0. The SMILES string of the molecule is CC(C)(C)NC(=O)[C@@H]1CN(Cc2cccnc2)CCN1C[C@@H](O)C[C@@H](Cc1ccccc1)C(=O)N[C@H]1c2ccccc2C[C@H]1O.COc1ncc(OC)c2c(C(=O)C(=O)N3CCN(C(=O)c4ccccc4)CC3)c[nH]c12. The van der Waals surface area contributed by atoms with Crippen molar-refractivity contribution < 1.29 is 43.7 Å². The van der Waals surface area contributed by atoms with Crippen molar-refractivity contribution in [2.24, 2.45) is 5.92 Å². The van der Waals surface area contributed by atoms with E-state index in [0.29, 0.717) is 73.7 Å². The summed E-state index contributed by atoms with van der Waals surface area (Å²) in [6.07, 6.45) is 6.17. The minimum atomic E-state index is -0.833. The van der Waals surface area contributed by atoms with Gasteiger partial charge in [0, 0.05) is 101 Å². The van der Waals surface area contributed by atoms with Gasteiger partial charge in [0.05, 0.1) is 49.6 Å². The maximum Gasteiger partial charge on any atom is 0.295 e. The van der Waals surface area contributed by atoms with E-state index in [4.69, 9.17) is 9.47 Å². The van der Waals surface area contributed by atoms with Gasteiger partial charge < -0.3 is 45.1 Å². The van der Waals surface area contributed by atoms with Crippen LogP contribution in [0.15, 0.2) is 122 Å². The Balaban J connectivity index is 0.000000215. The molecule has 0 radical (unpaired) electrons. The number of aliphatic hydroxyl groups is 2. The lowest BCUT2D eigenvalue weighted by Crippen LogP contribution is -2.61. The van der Waals surface area contributed by atoms with Crippen LogP contribution in [0, 0.1) is 5.92 Å². The predicted molar refractivity (Wildman–Crippen MR) is 287 cm³/mol. The van der Waals surface area contributed by atoms with Crippen LogP contribution >= 0.6 is 0 Å². The zero-order valence-corrected chi connectivity index (χ0v) is 43.9. The molecule has 18 heteroatoms. The van der Waals surface area contributed by atoms with E-state index < -0.39 is 47.4 Å². The molecular weight excluding hydrogens is 967 g/mol. The van der Waals surface area contributed by atoms with Crippen molar-refractivity contribution in [1.29, 1.82) is 0 Å². The number of β-amino-alcohol motifs (C(OH)–C–C–N with tert-alkyl or cyclic N) is 1. The number of fused-ring (bicyclic) bond motifs is 2. The molecule has 4 amide bonds. The number of piperazine rings is 2. The van der Waals surface area contributed by atoms with Crippen molar-refractivity contribution in [1.82, 2.24) is 45.2 Å². The first kappa shape index (κ1) is 54.7. The highest BCUT2D eigenvalue weighted by Gasteiger charge is 2.38. The topological polar surface area (TPSA) is 223 Å². The van der Waals surface area contributed by atoms with Crippen LogP contribution in [-0.4, -0.2) is 165 Å². The Morgan fingerprint density at radius 1 is 0.816 bits per heavy atom. The number of aromatic nitrogens is 3. The molecule has 2 saturated heterocycles. The number of pyridine rings is 2. The van der Waals surface area contributed by atoms with Crippen LogP contribution in [0.25, 0.3) is 10.9 Å². The van der Waals surface area contributed by atoms with E-state index in [2.05, 4.69) is 35.4 Å². The first-order valence-corrected chi connectivity index (χ1v) is 25.8. The zero-order valence-electron chi connectivity index (χ0n) is 43.9. The van der Waals surface area contributed by atoms with Gasteiger partial charge in [-0.1, -0.05) is 78.9 Å². The molecule has 2 aliphatic heterocycles. The van der Waals surface area contributed by atoms with Gasteiger partial charge in [-0.15, -0.1) is 0 Å². The number of aliphatic hydroxyl groups excluding tert-OH is 2. The lowest BCUT2D eigenvalue weighted by molar-refractivity contribution is -0.132. The molecule has 5 atom stereocenters. The normalized spacial score (nSPS) is 18.6. The van der Waals surface area contributed by atoms with E-state index in [1.807, 2.05) is 112 Å². The molecule has 1 aliphatic carbocycles. The largest absolute Gasteiger partial charge is 0.494 e. The van der Waals surface area contributed by atoms with Gasteiger partial charge in [0.25, 0.3) is 17.6 Å². The molecule has 6 aromatic rings. The number of nitrogens with one attached hydrogen (secondary N) is 3. The summed E-state index contributed by atoms with van der Waals surface area (Å²) in [5.74, 6) is -1.47. The summed E-state index contributed by atoms with van der Waals surface area (Å²) in [6, 6.07) is 29.6. The van der Waals surface area contributed by atoms with E-state index >= 15 is 0 Å². The Labute approximate surface area is 443 Å². The van der Waals surface area contributed by atoms with Crippen LogP contribution in [0.4, 0.5) is 0 Å². The molecule has 0 unspecified atom stereocenters. The van der Waals surface area contributed by atoms with Gasteiger partial charge in [-0.2, -0.15) is 0 Å². The Kier molecular flexibility index (Phi) is 17.9. The number of nitrogens with zero attached hydrogens (tertiary/aromatic N) is 6. The van der Waals surface area contributed by atoms with Gasteiger partial charge in [0.2, 0.25) is 17.7 Å². The second-order valence-electron chi connectivity index (χ2n) is 20.6. The molecule has 9 rings (SSSR count). The third-order valence-corrected chi connectivity index (χ3v) is 14.1. The van der Waals surface area contributed by atoms with E-state index in [-0.39, 0.29) is 49.3 Å². The third kappa shape index (κ3) is 13.5. The number of rotatable bonds is 16. The number of methoxy groups -OCH3 is 2. The molecule has 0 saturated carbocycles. The highest BCUT2D eigenvalue weighted by molar-refractivity contribution is 6.45. The number of amides is 4. The van der Waals surface area contributed by atoms with Crippen LogP contribution in [0.5, 0.6) is 11.6 Å². The average molecular weight is 1040 g/mol. The Hall–Kier alpha value is -7.51. The quantitative estimate of drug-likeness (QED) is 0.0661. The Morgan fingerprint density at radius 2 is 1.50 bits per heavy atom. The lowest BCUT2D eigenvalue weighted by atomic mass is 9.91. The fourth-order valence-corrected chi connectivity index (χ4v) is 10.3. The summed E-state index contributed by atoms with van der Waals surface area (Å²) in [6.45, 7) is 10.0. The molecular formula is C58H69N9O9. The Morgan fingerprint density at radius 3 is 2.18 bits per heavy atom. The molecule has 18 nitrogen and oxygen atoms in total. The predicted octanol–water partition coefficient (Wildman–Crippen LogP) is 4.61. The molecule has 3 aromatic heterocycles. The maximum absolute atomic E-state index is 13.8. The summed E-state index contributed by atoms with van der Waals surface area (Å²) < 4.78 is 10.5. The second kappa shape index (κ2) is 24.9. The van der Waals surface area contributed by atoms with Crippen LogP contribution in [0.2, 0.25) is 0 Å². The van der Waals surface area contributed by atoms with Gasteiger partial charge in [0.15, 0.2) is 0 Å². The van der Waals surface area contributed by atoms with Crippen LogP contribution in [0.1, 0.15) is 76.2 Å². The molecule has 3 aliphatic rings. The molecule has 5 N–H and O–H groups in total. The van der Waals surface area contributed by atoms with Crippen LogP contribution in [0.3, 0.4) is 0 Å². The zero-order chi connectivity index (χ0) is 53.9. The number of aromatic amines is 1. The lowest BCUT2D eigenvalue weighted by Gasteiger charge is -2.42. The van der Waals surface area contributed by atoms with Crippen molar-refractivity contribution in [3.05, 3.63) is 155 Å². The van der Waals surface area contributed by atoms with Crippen LogP contribution in [-0.2, 0) is 33.8 Å². The first-order chi connectivity index (χ1) is 36.6. The van der Waals surface area contributed by atoms with Crippen molar-refractivity contribution in [3.8, 4) is 11.6 Å². The van der Waals surface area contributed by atoms with Crippen molar-refractivity contribution in [2.45, 2.75) is 76.4 Å². The number of carbonyl (C=O) groups is 5. The molecule has 400 valence electrons. The number of carbonyl (C=O) groups excluding carboxylic acids is 5. The fourth-order valence-electron chi connectivity index (χ4n) is 10.3. The van der Waals surface area contributed by atoms with Crippen molar-refractivity contribution in [3.63, 3.8) is 0 Å². The number of benzene rings is 3. The second-order valence-corrected chi connectivity index (χ2v) is 20.6. The highest BCUT2D eigenvalue weighted by atomic mass is 16.5. The van der Waals surface area contributed by atoms with E-state index in [0.717, 1.165) is 28.8 Å². The molecule has 0 spiro atoms. The van der Waals surface area contributed by atoms with Crippen LogP contribution < -0.4 is 20.1 Å². The molecule has 76 heavy (non-hydrogen) atoms. The smallest absolute Gasteiger partial charge is 0.295 e. The number of ether oxygens (including phenoxy) is 2. The van der Waals surface area contributed by atoms with Crippen molar-refractivity contribution >= 4 is 40.3 Å². The third-order valence-electron chi connectivity index (χ3n) is 14.1. The molecule has 3 aromatic carbocycles. The minimum Gasteiger partial charge on any atom is -0.494 e. The molecule has 0 bridgehead atoms. The number of H-pyrrole nitrogens is 1. The van der Waals surface area contributed by atoms with E-state index in [1.165, 1.54) is 31.5 Å². The van der Waals surface area contributed by atoms with Gasteiger partial charge >= 0.3 is 0 Å². The standard InChI is InChI=1S/C36H47N5O4.C22H22N4O5/c1-36(2,3)39-35(45)31-24-40(22-26-12-9-15-37-21-26)16-17-41(31)23-29(42)19-28(18-25-10-5-4-6-11-25)34(44)38-33-30-14-8-7-13-27(30)20-32(33)43;1-30-16-13-24-20(31-2)18-17(16)15(12-23-18)19(27)22(29)26-10-8-25(9-11-26)21(28)14-6-4-3-5-7-14/h4-15,21,28-29,31-33,42-43H,16-20,22-24H2,1-3H3,(H,38,44)(H,39,45);3-7,12-13,23H,8-11H2,1-2H3/t28-,29+,31+,32-,33+;/m1./s1. The summed E-state index contributed by atoms with van der Waals surface area (Å²) in [5.41, 5.74) is 4.96. The average Bonchev–Trinajstić information content (AvgIpc) is 4.01. The summed E-state index contributed by atoms with van der Waals surface area (Å²) in [7, 11) is 2.94. The number of ketones is 1. The minimum absolute atomic E-state index is 0.0712. The summed E-state index contributed by atoms with van der Waals surface area (Å²) in [4.78, 5) is 84.7. The van der Waals surface area contributed by atoms with Gasteiger partial charge in [0.1, 0.15) is 17.3 Å². The van der Waals surface area contributed by atoms with Gasteiger partial charge in [-0.25, -0.2) is 4.98 Å². The Bertz CT molecular complexity index is 2940. The van der Waals surface area contributed by atoms with Gasteiger partial charge in [-0.05, 0) is 74.1 Å². The summed E-state index contributed by atoms with van der Waals surface area (Å²) >= 11 is 0. The number of hydrogen-bond acceptors (Lipinski definition) is 13. The van der Waals surface area contributed by atoms with Crippen molar-refractivity contribution in [2.75, 3.05) is 66.6 Å². The fraction of sp³-hybridized carbons (Fsp3) is 0.397. The maximum atomic E-state index is 13.8. The number of Topliss-reactive ketones (excluding diaryl/α,β-unsaturated/α-hetero) is 1. The van der Waals surface area contributed by atoms with E-state index in [1.54, 1.807) is 23.2 Å². The first-order valence-electron chi connectivity index (χ1n) is 25.8. The van der Waals surface area contributed by atoms with Gasteiger partial charge in [-0.3, -0.25) is 38.8 Å².